The Bertz CT molecular complexity index is 875. The Morgan fingerprint density at radius 1 is 1.00 bits per heavy atom. The number of carbonyl (C=O) groups is 1. The third-order valence-electron chi connectivity index (χ3n) is 6.77. The molecular formula is C26H34N2O3. The van der Waals surface area contributed by atoms with Crippen LogP contribution in [0.15, 0.2) is 42.5 Å². The summed E-state index contributed by atoms with van der Waals surface area (Å²) in [7, 11) is 3.76. The number of hydrogen-bond acceptors (Lipinski definition) is 4. The predicted molar refractivity (Wildman–Crippen MR) is 124 cm³/mol. The average molecular weight is 423 g/mol. The fraction of sp³-hybridized carbons (Fsp3) is 0.500. The van der Waals surface area contributed by atoms with Gasteiger partial charge in [0, 0.05) is 23.4 Å². The van der Waals surface area contributed by atoms with Gasteiger partial charge in [-0.2, -0.15) is 0 Å². The highest BCUT2D eigenvalue weighted by Gasteiger charge is 2.22. The predicted octanol–water partition coefficient (Wildman–Crippen LogP) is 5.47. The number of rotatable bonds is 7. The van der Waals surface area contributed by atoms with Crippen molar-refractivity contribution in [2.75, 3.05) is 32.6 Å². The number of carbonyl (C=O) groups excluding carboxylic acids is 1. The van der Waals surface area contributed by atoms with Crippen LogP contribution in [0.2, 0.25) is 0 Å². The highest BCUT2D eigenvalue weighted by Crippen LogP contribution is 2.33. The number of likely N-dealkylation sites (N-methyl/N-ethyl adjacent to an activating group) is 1. The molecule has 31 heavy (non-hydrogen) atoms. The Kier molecular flexibility index (Phi) is 7.13. The van der Waals surface area contributed by atoms with E-state index in [9.17, 15) is 4.79 Å². The van der Waals surface area contributed by atoms with Crippen molar-refractivity contribution in [3.63, 3.8) is 0 Å². The number of methoxy groups -OCH3 is 1. The van der Waals surface area contributed by atoms with Crippen LogP contribution in [-0.2, 0) is 0 Å². The molecule has 0 unspecified atom stereocenters. The molecule has 2 aromatic rings. The smallest absolute Gasteiger partial charge is 0.255 e. The van der Waals surface area contributed by atoms with Crippen LogP contribution in [0.5, 0.6) is 11.5 Å². The van der Waals surface area contributed by atoms with E-state index in [1.165, 1.54) is 44.1 Å². The van der Waals surface area contributed by atoms with Crippen LogP contribution in [0.3, 0.4) is 0 Å². The van der Waals surface area contributed by atoms with Crippen LogP contribution in [-0.4, -0.2) is 44.2 Å². The molecule has 1 aliphatic carbocycles. The molecule has 1 N–H and O–H groups in total. The van der Waals surface area contributed by atoms with Gasteiger partial charge in [0.1, 0.15) is 6.61 Å². The lowest BCUT2D eigenvalue weighted by Crippen LogP contribution is -2.30. The third-order valence-corrected chi connectivity index (χ3v) is 6.77. The van der Waals surface area contributed by atoms with Gasteiger partial charge in [-0.25, -0.2) is 0 Å². The number of anilines is 1. The Morgan fingerprint density at radius 2 is 1.77 bits per heavy atom. The lowest BCUT2D eigenvalue weighted by molar-refractivity contribution is 0.102. The van der Waals surface area contributed by atoms with E-state index in [0.717, 1.165) is 13.0 Å². The second-order valence-electron chi connectivity index (χ2n) is 8.86. The molecule has 1 saturated carbocycles. The van der Waals surface area contributed by atoms with Gasteiger partial charge in [0.25, 0.3) is 5.91 Å². The summed E-state index contributed by atoms with van der Waals surface area (Å²) in [6.07, 6.45) is 8.87. The fourth-order valence-electron chi connectivity index (χ4n) is 4.79. The molecule has 1 aliphatic heterocycles. The zero-order valence-corrected chi connectivity index (χ0v) is 18.7. The molecule has 1 heterocycles. The van der Waals surface area contributed by atoms with Gasteiger partial charge in [-0.1, -0.05) is 31.4 Å². The van der Waals surface area contributed by atoms with Crippen molar-refractivity contribution < 1.29 is 14.3 Å². The second-order valence-corrected chi connectivity index (χ2v) is 8.86. The molecular weight excluding hydrogens is 388 g/mol. The van der Waals surface area contributed by atoms with Crippen molar-refractivity contribution in [3.8, 4) is 11.5 Å². The number of nitrogens with zero attached hydrogens (tertiary/aromatic N) is 1. The quantitative estimate of drug-likeness (QED) is 0.643. The highest BCUT2D eigenvalue weighted by atomic mass is 16.5. The van der Waals surface area contributed by atoms with E-state index in [2.05, 4.69) is 29.4 Å². The summed E-state index contributed by atoms with van der Waals surface area (Å²) in [5, 5.41) is 2.98. The van der Waals surface area contributed by atoms with Crippen molar-refractivity contribution in [2.24, 2.45) is 0 Å². The van der Waals surface area contributed by atoms with Crippen molar-refractivity contribution in [2.45, 2.75) is 56.9 Å². The minimum atomic E-state index is -0.113. The molecule has 0 spiro atoms. The summed E-state index contributed by atoms with van der Waals surface area (Å²) >= 11 is 0. The molecule has 4 rings (SSSR count). The summed E-state index contributed by atoms with van der Waals surface area (Å²) in [4.78, 5) is 15.1. The Morgan fingerprint density at radius 3 is 2.45 bits per heavy atom. The van der Waals surface area contributed by atoms with Gasteiger partial charge >= 0.3 is 0 Å². The van der Waals surface area contributed by atoms with E-state index in [0.29, 0.717) is 41.3 Å². The van der Waals surface area contributed by atoms with E-state index < -0.39 is 0 Å². The first-order chi connectivity index (χ1) is 15.1. The highest BCUT2D eigenvalue weighted by molar-refractivity contribution is 6.04. The number of hydrogen-bond donors (Lipinski definition) is 1. The Hall–Kier alpha value is -2.53. The third kappa shape index (κ3) is 5.40. The van der Waals surface area contributed by atoms with Crippen LogP contribution in [0.25, 0.3) is 0 Å². The number of nitrogens with one attached hydrogen (secondary N) is 1. The number of amides is 1. The molecule has 5 nitrogen and oxygen atoms in total. The minimum Gasteiger partial charge on any atom is -0.493 e. The van der Waals surface area contributed by atoms with Gasteiger partial charge in [0.05, 0.1) is 7.11 Å². The Balaban J connectivity index is 1.37. The monoisotopic (exact) mass is 422 g/mol. The van der Waals surface area contributed by atoms with Crippen LogP contribution in [0.1, 0.15) is 66.8 Å². The van der Waals surface area contributed by atoms with Crippen LogP contribution in [0, 0.1) is 0 Å². The maximum absolute atomic E-state index is 12.7. The summed E-state index contributed by atoms with van der Waals surface area (Å²) in [6.45, 7) is 1.77. The molecule has 1 atom stereocenters. The lowest BCUT2D eigenvalue weighted by atomic mass is 9.84. The summed E-state index contributed by atoms with van der Waals surface area (Å²) in [6, 6.07) is 14.1. The normalized spacial score (nSPS) is 19.9. The molecule has 166 valence electrons. The van der Waals surface area contributed by atoms with Crippen LogP contribution in [0.4, 0.5) is 5.69 Å². The maximum Gasteiger partial charge on any atom is 0.255 e. The molecule has 2 aliphatic rings. The fourth-order valence-corrected chi connectivity index (χ4v) is 4.79. The van der Waals surface area contributed by atoms with Crippen LogP contribution < -0.4 is 14.8 Å². The van der Waals surface area contributed by atoms with E-state index in [1.807, 2.05) is 30.3 Å². The van der Waals surface area contributed by atoms with Crippen molar-refractivity contribution in [1.29, 1.82) is 0 Å². The summed E-state index contributed by atoms with van der Waals surface area (Å²) < 4.78 is 11.5. The molecule has 1 amide bonds. The van der Waals surface area contributed by atoms with E-state index in [-0.39, 0.29) is 5.91 Å². The van der Waals surface area contributed by atoms with Crippen molar-refractivity contribution in [3.05, 3.63) is 53.6 Å². The van der Waals surface area contributed by atoms with Gasteiger partial charge in [-0.3, -0.25) is 4.79 Å². The number of benzene rings is 2. The van der Waals surface area contributed by atoms with Crippen molar-refractivity contribution in [1.82, 2.24) is 4.90 Å². The van der Waals surface area contributed by atoms with Gasteiger partial charge < -0.3 is 19.7 Å². The van der Waals surface area contributed by atoms with E-state index in [1.54, 1.807) is 7.11 Å². The molecule has 2 aromatic carbocycles. The first kappa shape index (κ1) is 21.7. The molecule has 0 bridgehead atoms. The first-order valence-electron chi connectivity index (χ1n) is 11.6. The summed E-state index contributed by atoms with van der Waals surface area (Å²) in [5.41, 5.74) is 2.72. The first-order valence-corrected chi connectivity index (χ1v) is 11.6. The summed E-state index contributed by atoms with van der Waals surface area (Å²) in [5.74, 6) is 1.87. The Labute approximate surface area is 185 Å². The molecule has 0 aromatic heterocycles. The van der Waals surface area contributed by atoms with E-state index >= 15 is 0 Å². The minimum absolute atomic E-state index is 0.113. The van der Waals surface area contributed by atoms with Gasteiger partial charge in [-0.05, 0) is 75.0 Å². The maximum atomic E-state index is 12.7. The number of likely N-dealkylation sites (tertiary alicyclic amines) is 1. The SMILES string of the molecule is COc1cc(NC(=O)c2ccc(C3CCCCC3)cc2)ccc1OC[C@H]1CCCN1C. The van der Waals surface area contributed by atoms with E-state index in [4.69, 9.17) is 9.47 Å². The van der Waals surface area contributed by atoms with Gasteiger partial charge in [0.2, 0.25) is 0 Å². The standard InChI is InChI=1S/C26H34N2O3/c1-28-16-6-9-23(28)18-31-24-15-14-22(17-25(24)30-2)27-26(29)21-12-10-20(11-13-21)19-7-4-3-5-8-19/h10-15,17,19,23H,3-9,16,18H2,1-2H3,(H,27,29)/t23-/m1/s1. The molecule has 0 radical (unpaired) electrons. The van der Waals surface area contributed by atoms with Gasteiger partial charge in [-0.15, -0.1) is 0 Å². The molecule has 1 saturated heterocycles. The zero-order valence-electron chi connectivity index (χ0n) is 18.7. The largest absolute Gasteiger partial charge is 0.493 e. The van der Waals surface area contributed by atoms with Crippen molar-refractivity contribution >= 4 is 11.6 Å². The average Bonchev–Trinajstić information content (AvgIpc) is 3.23. The van der Waals surface area contributed by atoms with Gasteiger partial charge in [0.15, 0.2) is 11.5 Å². The molecule has 5 heteroatoms. The lowest BCUT2D eigenvalue weighted by Gasteiger charge is -2.22. The van der Waals surface area contributed by atoms with Crippen LogP contribution >= 0.6 is 0 Å². The second kappa shape index (κ2) is 10.2. The topological polar surface area (TPSA) is 50.8 Å². The zero-order chi connectivity index (χ0) is 21.6. The number of ether oxygens (including phenoxy) is 2. The molecule has 2 fully saturated rings.